The molecule has 0 radical (unpaired) electrons. The third-order valence-corrected chi connectivity index (χ3v) is 4.26. The van der Waals surface area contributed by atoms with Crippen molar-refractivity contribution >= 4 is 17.0 Å². The molecule has 2 rings (SSSR count). The Balaban J connectivity index is 2.24. The lowest BCUT2D eigenvalue weighted by Gasteiger charge is -2.15. The highest BCUT2D eigenvalue weighted by atomic mass is 32.1. The van der Waals surface area contributed by atoms with Crippen molar-refractivity contribution in [2.75, 3.05) is 13.6 Å². The SMILES string of the molecule is CCCCN(C)Cc1sc(=O)[nH]c1-c1ccc([N+](=O)[O-])cc1. The van der Waals surface area contributed by atoms with Crippen molar-refractivity contribution in [3.63, 3.8) is 0 Å². The van der Waals surface area contributed by atoms with Gasteiger partial charge in [-0.15, -0.1) is 0 Å². The highest BCUT2D eigenvalue weighted by molar-refractivity contribution is 7.09. The molecular formula is C15H19N3O3S. The average Bonchev–Trinajstić information content (AvgIpc) is 2.85. The van der Waals surface area contributed by atoms with E-state index in [0.29, 0.717) is 6.54 Å². The number of thiazole rings is 1. The number of aromatic nitrogens is 1. The van der Waals surface area contributed by atoms with Gasteiger partial charge >= 0.3 is 4.87 Å². The first-order valence-corrected chi connectivity index (χ1v) is 7.98. The molecule has 118 valence electrons. The van der Waals surface area contributed by atoms with Gasteiger partial charge in [-0.3, -0.25) is 14.9 Å². The average molecular weight is 321 g/mol. The molecule has 6 nitrogen and oxygen atoms in total. The van der Waals surface area contributed by atoms with Crippen LogP contribution in [0.5, 0.6) is 0 Å². The molecule has 1 aromatic heterocycles. The lowest BCUT2D eigenvalue weighted by atomic mass is 10.1. The molecule has 1 N–H and O–H groups in total. The predicted molar refractivity (Wildman–Crippen MR) is 88.3 cm³/mol. The fourth-order valence-corrected chi connectivity index (χ4v) is 3.14. The molecule has 0 unspecified atom stereocenters. The fraction of sp³-hybridized carbons (Fsp3) is 0.400. The lowest BCUT2D eigenvalue weighted by Crippen LogP contribution is -2.18. The van der Waals surface area contributed by atoms with E-state index in [4.69, 9.17) is 0 Å². The Labute approximate surface area is 132 Å². The highest BCUT2D eigenvalue weighted by Gasteiger charge is 2.13. The summed E-state index contributed by atoms with van der Waals surface area (Å²) in [4.78, 5) is 27.8. The molecule has 0 saturated carbocycles. The molecule has 2 aromatic rings. The van der Waals surface area contributed by atoms with E-state index in [9.17, 15) is 14.9 Å². The van der Waals surface area contributed by atoms with E-state index >= 15 is 0 Å². The second-order valence-electron chi connectivity index (χ2n) is 5.21. The van der Waals surface area contributed by atoms with Gasteiger partial charge in [-0.05, 0) is 37.7 Å². The van der Waals surface area contributed by atoms with Gasteiger partial charge in [-0.2, -0.15) is 0 Å². The summed E-state index contributed by atoms with van der Waals surface area (Å²) < 4.78 is 0. The van der Waals surface area contributed by atoms with E-state index in [-0.39, 0.29) is 10.6 Å². The minimum absolute atomic E-state index is 0.0444. The number of aromatic amines is 1. The van der Waals surface area contributed by atoms with Crippen LogP contribution in [0, 0.1) is 10.1 Å². The van der Waals surface area contributed by atoms with Crippen molar-refractivity contribution in [2.24, 2.45) is 0 Å². The van der Waals surface area contributed by atoms with E-state index in [0.717, 1.165) is 35.5 Å². The molecule has 22 heavy (non-hydrogen) atoms. The van der Waals surface area contributed by atoms with Crippen molar-refractivity contribution in [3.05, 3.63) is 48.9 Å². The van der Waals surface area contributed by atoms with Crippen LogP contribution in [-0.4, -0.2) is 28.4 Å². The normalized spacial score (nSPS) is 11.0. The lowest BCUT2D eigenvalue weighted by molar-refractivity contribution is -0.384. The van der Waals surface area contributed by atoms with Gasteiger partial charge in [0.15, 0.2) is 0 Å². The summed E-state index contributed by atoms with van der Waals surface area (Å²) in [5.41, 5.74) is 1.60. The zero-order valence-corrected chi connectivity index (χ0v) is 13.5. The molecule has 0 saturated heterocycles. The summed E-state index contributed by atoms with van der Waals surface area (Å²) in [6.07, 6.45) is 2.24. The van der Waals surface area contributed by atoms with Crippen molar-refractivity contribution in [2.45, 2.75) is 26.3 Å². The molecule has 0 aliphatic carbocycles. The van der Waals surface area contributed by atoms with Crippen LogP contribution in [0.3, 0.4) is 0 Å². The van der Waals surface area contributed by atoms with Gasteiger partial charge in [0.25, 0.3) is 5.69 Å². The third kappa shape index (κ3) is 4.02. The second-order valence-corrected chi connectivity index (χ2v) is 6.28. The van der Waals surface area contributed by atoms with Crippen LogP contribution in [0.25, 0.3) is 11.3 Å². The Kier molecular flexibility index (Phi) is 5.46. The number of non-ortho nitro benzene ring substituents is 1. The van der Waals surface area contributed by atoms with E-state index in [1.165, 1.54) is 23.5 Å². The summed E-state index contributed by atoms with van der Waals surface area (Å²) in [5.74, 6) is 0. The number of nitrogens with zero attached hydrogens (tertiary/aromatic N) is 2. The quantitative estimate of drug-likeness (QED) is 0.627. The Morgan fingerprint density at radius 3 is 2.59 bits per heavy atom. The maximum absolute atomic E-state index is 11.7. The maximum atomic E-state index is 11.7. The first-order valence-electron chi connectivity index (χ1n) is 7.16. The number of H-pyrrole nitrogens is 1. The van der Waals surface area contributed by atoms with Gasteiger partial charge in [0.1, 0.15) is 0 Å². The maximum Gasteiger partial charge on any atom is 0.305 e. The van der Waals surface area contributed by atoms with Crippen molar-refractivity contribution < 1.29 is 4.92 Å². The molecule has 0 aliphatic heterocycles. The second kappa shape index (κ2) is 7.33. The Morgan fingerprint density at radius 1 is 1.32 bits per heavy atom. The van der Waals surface area contributed by atoms with Crippen LogP contribution in [0.15, 0.2) is 29.1 Å². The van der Waals surface area contributed by atoms with Gasteiger partial charge in [0.05, 0.1) is 10.6 Å². The molecule has 0 atom stereocenters. The molecule has 1 aromatic carbocycles. The first-order chi connectivity index (χ1) is 10.5. The molecule has 0 amide bonds. The molecule has 0 spiro atoms. The zero-order valence-electron chi connectivity index (χ0n) is 12.7. The number of nitro benzene ring substituents is 1. The standard InChI is InChI=1S/C15H19N3O3S/c1-3-4-9-17(2)10-13-14(16-15(19)22-13)11-5-7-12(8-6-11)18(20)21/h5-8H,3-4,9-10H2,1-2H3,(H,16,19). The Hall–Kier alpha value is -1.99. The molecule has 0 fully saturated rings. The molecule has 1 heterocycles. The van der Waals surface area contributed by atoms with Crippen LogP contribution in [0.1, 0.15) is 24.6 Å². The molecular weight excluding hydrogens is 302 g/mol. The van der Waals surface area contributed by atoms with Gasteiger partial charge in [-0.25, -0.2) is 0 Å². The monoisotopic (exact) mass is 321 g/mol. The topological polar surface area (TPSA) is 79.2 Å². The van der Waals surface area contributed by atoms with Gasteiger partial charge < -0.3 is 9.88 Å². The zero-order chi connectivity index (χ0) is 16.1. The van der Waals surface area contributed by atoms with E-state index < -0.39 is 4.92 Å². The summed E-state index contributed by atoms with van der Waals surface area (Å²) in [7, 11) is 2.03. The minimum Gasteiger partial charge on any atom is -0.312 e. The number of rotatable bonds is 7. The number of unbranched alkanes of at least 4 members (excludes halogenated alkanes) is 1. The van der Waals surface area contributed by atoms with Crippen LogP contribution in [0.2, 0.25) is 0 Å². The molecule has 7 heteroatoms. The number of nitrogens with one attached hydrogen (secondary N) is 1. The minimum atomic E-state index is -0.431. The first kappa shape index (κ1) is 16.4. The molecule has 0 bridgehead atoms. The van der Waals surface area contributed by atoms with E-state index in [1.807, 2.05) is 7.05 Å². The Morgan fingerprint density at radius 2 is 2.00 bits per heavy atom. The fourth-order valence-electron chi connectivity index (χ4n) is 2.21. The summed E-state index contributed by atoms with van der Waals surface area (Å²) in [6.45, 7) is 3.81. The van der Waals surface area contributed by atoms with E-state index in [1.54, 1.807) is 12.1 Å². The summed E-state index contributed by atoms with van der Waals surface area (Å²) in [6, 6.07) is 6.25. The Bertz CT molecular complexity index is 691. The van der Waals surface area contributed by atoms with Gasteiger partial charge in [-0.1, -0.05) is 24.7 Å². The van der Waals surface area contributed by atoms with Crippen molar-refractivity contribution in [1.82, 2.24) is 9.88 Å². The van der Waals surface area contributed by atoms with Crippen LogP contribution in [0.4, 0.5) is 5.69 Å². The van der Waals surface area contributed by atoms with Gasteiger partial charge in [0.2, 0.25) is 0 Å². The smallest absolute Gasteiger partial charge is 0.305 e. The van der Waals surface area contributed by atoms with Crippen molar-refractivity contribution in [1.29, 1.82) is 0 Å². The number of hydrogen-bond acceptors (Lipinski definition) is 5. The van der Waals surface area contributed by atoms with Gasteiger partial charge in [0, 0.05) is 23.6 Å². The number of hydrogen-bond donors (Lipinski definition) is 1. The van der Waals surface area contributed by atoms with Crippen LogP contribution >= 0.6 is 11.3 Å². The van der Waals surface area contributed by atoms with Crippen LogP contribution in [-0.2, 0) is 6.54 Å². The van der Waals surface area contributed by atoms with Crippen molar-refractivity contribution in [3.8, 4) is 11.3 Å². The molecule has 0 aliphatic rings. The van der Waals surface area contributed by atoms with Crippen LogP contribution < -0.4 is 4.87 Å². The summed E-state index contributed by atoms with van der Waals surface area (Å²) in [5, 5.41) is 10.7. The third-order valence-electron chi connectivity index (χ3n) is 3.40. The number of nitro groups is 1. The summed E-state index contributed by atoms with van der Waals surface area (Å²) >= 11 is 1.19. The largest absolute Gasteiger partial charge is 0.312 e. The number of benzene rings is 1. The highest BCUT2D eigenvalue weighted by Crippen LogP contribution is 2.26. The van der Waals surface area contributed by atoms with E-state index in [2.05, 4.69) is 16.8 Å². The predicted octanol–water partition coefficient (Wildman–Crippen LogP) is 3.24.